The number of aromatic nitrogens is 1. The van der Waals surface area contributed by atoms with Crippen molar-refractivity contribution in [3.05, 3.63) is 53.2 Å². The van der Waals surface area contributed by atoms with Crippen LogP contribution in [-0.2, 0) is 11.2 Å². The van der Waals surface area contributed by atoms with Gasteiger partial charge in [-0.2, -0.15) is 0 Å². The quantitative estimate of drug-likeness (QED) is 0.833. The lowest BCUT2D eigenvalue weighted by molar-refractivity contribution is -0.136. The number of rotatable bonds is 4. The van der Waals surface area contributed by atoms with Crippen LogP contribution in [0, 0.1) is 5.82 Å². The van der Waals surface area contributed by atoms with Crippen LogP contribution in [0.1, 0.15) is 21.8 Å². The van der Waals surface area contributed by atoms with Crippen LogP contribution in [0.4, 0.5) is 4.39 Å². The molecular formula is C12H8FNO4. The standard InChI is InChI=1S/C12H8FNO4/c13-8-3-1-7(2-4-8)12(17)10-5-9(18-14-10)6-11(15)16/h1-5H,6H2,(H,15,16). The van der Waals surface area contributed by atoms with Gasteiger partial charge in [-0.05, 0) is 24.3 Å². The molecule has 1 heterocycles. The molecule has 92 valence electrons. The SMILES string of the molecule is O=C(O)Cc1cc(C(=O)c2ccc(F)cc2)no1. The Morgan fingerprint density at radius 3 is 2.56 bits per heavy atom. The van der Waals surface area contributed by atoms with Crippen LogP contribution in [0.3, 0.4) is 0 Å². The average molecular weight is 249 g/mol. The molecule has 0 saturated heterocycles. The van der Waals surface area contributed by atoms with Crippen molar-refractivity contribution < 1.29 is 23.6 Å². The summed E-state index contributed by atoms with van der Waals surface area (Å²) >= 11 is 0. The van der Waals surface area contributed by atoms with Gasteiger partial charge in [-0.3, -0.25) is 9.59 Å². The highest BCUT2D eigenvalue weighted by atomic mass is 19.1. The van der Waals surface area contributed by atoms with E-state index in [0.29, 0.717) is 0 Å². The fraction of sp³-hybridized carbons (Fsp3) is 0.0833. The zero-order valence-corrected chi connectivity index (χ0v) is 9.09. The summed E-state index contributed by atoms with van der Waals surface area (Å²) in [5, 5.41) is 12.0. The Balaban J connectivity index is 2.21. The molecule has 18 heavy (non-hydrogen) atoms. The Morgan fingerprint density at radius 2 is 1.94 bits per heavy atom. The van der Waals surface area contributed by atoms with E-state index < -0.39 is 17.6 Å². The number of hydrogen-bond donors (Lipinski definition) is 1. The number of benzene rings is 1. The summed E-state index contributed by atoms with van der Waals surface area (Å²) in [6, 6.07) is 6.23. The largest absolute Gasteiger partial charge is 0.481 e. The fourth-order valence-electron chi connectivity index (χ4n) is 1.40. The first-order valence-electron chi connectivity index (χ1n) is 5.04. The minimum atomic E-state index is -1.08. The van der Waals surface area contributed by atoms with Crippen molar-refractivity contribution in [2.75, 3.05) is 0 Å². The maximum Gasteiger partial charge on any atom is 0.311 e. The first-order valence-corrected chi connectivity index (χ1v) is 5.04. The fourth-order valence-corrected chi connectivity index (χ4v) is 1.40. The van der Waals surface area contributed by atoms with E-state index >= 15 is 0 Å². The molecule has 1 aromatic carbocycles. The number of halogens is 1. The van der Waals surface area contributed by atoms with Crippen molar-refractivity contribution in [3.8, 4) is 0 Å². The highest BCUT2D eigenvalue weighted by Gasteiger charge is 2.16. The Morgan fingerprint density at radius 1 is 1.28 bits per heavy atom. The van der Waals surface area contributed by atoms with Crippen molar-refractivity contribution in [3.63, 3.8) is 0 Å². The number of aliphatic carboxylic acids is 1. The molecule has 0 fully saturated rings. The Hall–Kier alpha value is -2.50. The van der Waals surface area contributed by atoms with Crippen molar-refractivity contribution in [1.82, 2.24) is 5.16 Å². The summed E-state index contributed by atoms with van der Waals surface area (Å²) in [6.07, 6.45) is -0.344. The van der Waals surface area contributed by atoms with Crippen LogP contribution < -0.4 is 0 Å². The first kappa shape index (κ1) is 12.0. The van der Waals surface area contributed by atoms with Gasteiger partial charge in [0.05, 0.1) is 0 Å². The molecule has 0 amide bonds. The second-order valence-corrected chi connectivity index (χ2v) is 3.58. The maximum absolute atomic E-state index is 12.7. The summed E-state index contributed by atoms with van der Waals surface area (Å²) in [5.41, 5.74) is 0.254. The van der Waals surface area contributed by atoms with Gasteiger partial charge in [-0.15, -0.1) is 0 Å². The number of nitrogens with zero attached hydrogens (tertiary/aromatic N) is 1. The summed E-state index contributed by atoms with van der Waals surface area (Å²) in [5.74, 6) is -1.88. The topological polar surface area (TPSA) is 80.4 Å². The summed E-state index contributed by atoms with van der Waals surface area (Å²) < 4.78 is 17.4. The van der Waals surface area contributed by atoms with E-state index in [4.69, 9.17) is 9.63 Å². The smallest absolute Gasteiger partial charge is 0.311 e. The number of carbonyl (C=O) groups excluding carboxylic acids is 1. The van der Waals surface area contributed by atoms with Gasteiger partial charge >= 0.3 is 5.97 Å². The van der Waals surface area contributed by atoms with E-state index in [-0.39, 0.29) is 23.4 Å². The minimum Gasteiger partial charge on any atom is -0.481 e. The Bertz CT molecular complexity index is 588. The van der Waals surface area contributed by atoms with Crippen LogP contribution in [-0.4, -0.2) is 22.0 Å². The third kappa shape index (κ3) is 2.60. The van der Waals surface area contributed by atoms with Gasteiger partial charge in [0.1, 0.15) is 18.0 Å². The molecule has 0 spiro atoms. The number of ketones is 1. The zero-order valence-electron chi connectivity index (χ0n) is 9.09. The van der Waals surface area contributed by atoms with Crippen molar-refractivity contribution in [2.45, 2.75) is 6.42 Å². The van der Waals surface area contributed by atoms with E-state index in [9.17, 15) is 14.0 Å². The lowest BCUT2D eigenvalue weighted by atomic mass is 10.1. The molecule has 1 aromatic heterocycles. The lowest BCUT2D eigenvalue weighted by Crippen LogP contribution is -2.01. The van der Waals surface area contributed by atoms with E-state index in [2.05, 4.69) is 5.16 Å². The third-order valence-electron chi connectivity index (χ3n) is 2.22. The van der Waals surface area contributed by atoms with Gasteiger partial charge in [0.25, 0.3) is 0 Å². The zero-order chi connectivity index (χ0) is 13.1. The van der Waals surface area contributed by atoms with Gasteiger partial charge in [-0.25, -0.2) is 4.39 Å². The van der Waals surface area contributed by atoms with Gasteiger partial charge < -0.3 is 9.63 Å². The normalized spacial score (nSPS) is 10.3. The number of hydrogen-bond acceptors (Lipinski definition) is 4. The van der Waals surface area contributed by atoms with Crippen LogP contribution in [0.5, 0.6) is 0 Å². The average Bonchev–Trinajstić information content (AvgIpc) is 2.76. The maximum atomic E-state index is 12.7. The molecule has 0 saturated carbocycles. The highest BCUT2D eigenvalue weighted by Crippen LogP contribution is 2.11. The van der Waals surface area contributed by atoms with Crippen LogP contribution in [0.15, 0.2) is 34.9 Å². The van der Waals surface area contributed by atoms with Crippen molar-refractivity contribution in [2.24, 2.45) is 0 Å². The number of carboxylic acid groups (broad SMARTS) is 1. The third-order valence-corrected chi connectivity index (χ3v) is 2.22. The van der Waals surface area contributed by atoms with Crippen LogP contribution >= 0.6 is 0 Å². The molecule has 2 aromatic rings. The molecule has 0 unspecified atom stereocenters. The molecule has 0 atom stereocenters. The monoisotopic (exact) mass is 249 g/mol. The molecule has 6 heteroatoms. The number of carboxylic acids is 1. The second kappa shape index (κ2) is 4.79. The molecule has 0 aliphatic heterocycles. The molecule has 1 N–H and O–H groups in total. The summed E-state index contributed by atoms with van der Waals surface area (Å²) in [4.78, 5) is 22.3. The second-order valence-electron chi connectivity index (χ2n) is 3.58. The first-order chi connectivity index (χ1) is 8.56. The molecule has 2 rings (SSSR count). The van der Waals surface area contributed by atoms with Gasteiger partial charge in [0, 0.05) is 11.6 Å². The van der Waals surface area contributed by atoms with E-state index in [1.165, 1.54) is 18.2 Å². The molecule has 0 aliphatic carbocycles. The molecule has 0 radical (unpaired) electrons. The van der Waals surface area contributed by atoms with E-state index in [0.717, 1.165) is 12.1 Å². The molecular weight excluding hydrogens is 241 g/mol. The predicted molar refractivity (Wildman–Crippen MR) is 57.7 cm³/mol. The molecule has 0 bridgehead atoms. The summed E-state index contributed by atoms with van der Waals surface area (Å²) in [6.45, 7) is 0. The highest BCUT2D eigenvalue weighted by molar-refractivity contribution is 6.07. The molecule has 0 aliphatic rings. The number of carbonyl (C=O) groups is 2. The van der Waals surface area contributed by atoms with E-state index in [1.807, 2.05) is 0 Å². The van der Waals surface area contributed by atoms with Crippen molar-refractivity contribution >= 4 is 11.8 Å². The van der Waals surface area contributed by atoms with Gasteiger partial charge in [0.2, 0.25) is 5.78 Å². The van der Waals surface area contributed by atoms with E-state index in [1.54, 1.807) is 0 Å². The van der Waals surface area contributed by atoms with Crippen LogP contribution in [0.25, 0.3) is 0 Å². The van der Waals surface area contributed by atoms with Gasteiger partial charge in [-0.1, -0.05) is 5.16 Å². The lowest BCUT2D eigenvalue weighted by Gasteiger charge is -1.95. The van der Waals surface area contributed by atoms with Crippen molar-refractivity contribution in [1.29, 1.82) is 0 Å². The minimum absolute atomic E-state index is 0.00198. The molecule has 5 nitrogen and oxygen atoms in total. The van der Waals surface area contributed by atoms with Gasteiger partial charge in [0.15, 0.2) is 5.69 Å². The predicted octanol–water partition coefficient (Wildman–Crippen LogP) is 1.67. The Kier molecular flexibility index (Phi) is 3.18. The summed E-state index contributed by atoms with van der Waals surface area (Å²) in [7, 11) is 0. The Labute approximate surface area is 101 Å². The van der Waals surface area contributed by atoms with Crippen LogP contribution in [0.2, 0.25) is 0 Å².